The molecule has 0 aromatic carbocycles. The van der Waals surface area contributed by atoms with E-state index < -0.39 is 6.10 Å². The number of aliphatic hydroxyl groups excluding tert-OH is 1. The van der Waals surface area contributed by atoms with Gasteiger partial charge in [-0.05, 0) is 56.3 Å². The van der Waals surface area contributed by atoms with Gasteiger partial charge in [-0.15, -0.1) is 0 Å². The second-order valence-corrected chi connectivity index (χ2v) is 8.24. The molecule has 0 amide bonds. The van der Waals surface area contributed by atoms with Gasteiger partial charge in [-0.25, -0.2) is 0 Å². The van der Waals surface area contributed by atoms with Gasteiger partial charge in [-0.2, -0.15) is 0 Å². The van der Waals surface area contributed by atoms with Crippen molar-refractivity contribution in [2.75, 3.05) is 26.4 Å². The van der Waals surface area contributed by atoms with E-state index in [9.17, 15) is 5.11 Å². The van der Waals surface area contributed by atoms with E-state index in [1.165, 1.54) is 38.5 Å². The van der Waals surface area contributed by atoms with Crippen molar-refractivity contribution in [1.82, 2.24) is 5.32 Å². The van der Waals surface area contributed by atoms with Gasteiger partial charge in [-0.3, -0.25) is 0 Å². The third-order valence-corrected chi connectivity index (χ3v) is 5.69. The summed E-state index contributed by atoms with van der Waals surface area (Å²) in [7, 11) is 0. The number of nitrogens with one attached hydrogen (secondary N) is 1. The fourth-order valence-corrected chi connectivity index (χ4v) is 5.18. The molecule has 0 aromatic heterocycles. The quantitative estimate of drug-likeness (QED) is 0.642. The number of hydrogen-bond acceptors (Lipinski definition) is 4. The maximum Gasteiger partial charge on any atom is 0.0897 e. The number of rotatable bonds is 9. The van der Waals surface area contributed by atoms with Crippen LogP contribution in [0.5, 0.6) is 0 Å². The van der Waals surface area contributed by atoms with E-state index in [4.69, 9.17) is 9.47 Å². The molecule has 0 spiro atoms. The van der Waals surface area contributed by atoms with Crippen molar-refractivity contribution in [3.63, 3.8) is 0 Å². The summed E-state index contributed by atoms with van der Waals surface area (Å²) >= 11 is 0. The first kappa shape index (κ1) is 16.7. The predicted octanol–water partition coefficient (Wildman–Crippen LogP) is 2.35. The highest BCUT2D eigenvalue weighted by Crippen LogP contribution is 2.57. The molecule has 0 aromatic rings. The Labute approximate surface area is 134 Å². The zero-order chi connectivity index (χ0) is 15.6. The second kappa shape index (κ2) is 7.16. The average molecular weight is 311 g/mol. The first-order chi connectivity index (χ1) is 10.5. The first-order valence-corrected chi connectivity index (χ1v) is 9.18. The lowest BCUT2D eigenvalue weighted by atomic mass is 9.54. The maximum atomic E-state index is 9.80. The van der Waals surface area contributed by atoms with Crippen LogP contribution >= 0.6 is 0 Å². The highest BCUT2D eigenvalue weighted by Gasteiger charge is 2.51. The normalized spacial score (nSPS) is 37.9. The molecule has 1 unspecified atom stereocenters. The maximum absolute atomic E-state index is 9.80. The molecule has 4 aliphatic carbocycles. The summed E-state index contributed by atoms with van der Waals surface area (Å²) in [6.07, 6.45) is 7.76. The van der Waals surface area contributed by atoms with Gasteiger partial charge in [0.2, 0.25) is 0 Å². The molecule has 0 aliphatic heterocycles. The minimum absolute atomic E-state index is 0.177. The topological polar surface area (TPSA) is 50.7 Å². The van der Waals surface area contributed by atoms with Crippen LogP contribution in [0.2, 0.25) is 0 Å². The Hall–Kier alpha value is -0.160. The Morgan fingerprint density at radius 2 is 1.64 bits per heavy atom. The van der Waals surface area contributed by atoms with Crippen LogP contribution in [0.15, 0.2) is 0 Å². The Balaban J connectivity index is 1.31. The zero-order valence-electron chi connectivity index (χ0n) is 14.2. The fourth-order valence-electron chi connectivity index (χ4n) is 5.18. The Kier molecular flexibility index (Phi) is 5.43. The third kappa shape index (κ3) is 4.22. The second-order valence-electron chi connectivity index (χ2n) is 8.24. The van der Waals surface area contributed by atoms with Gasteiger partial charge in [0.25, 0.3) is 0 Å². The van der Waals surface area contributed by atoms with Crippen molar-refractivity contribution in [2.45, 2.75) is 70.1 Å². The number of ether oxygens (including phenoxy) is 2. The molecule has 2 N–H and O–H groups in total. The van der Waals surface area contributed by atoms with E-state index in [-0.39, 0.29) is 5.60 Å². The molecule has 4 heteroatoms. The molecule has 4 nitrogen and oxygen atoms in total. The van der Waals surface area contributed by atoms with Crippen LogP contribution in [-0.2, 0) is 9.47 Å². The van der Waals surface area contributed by atoms with Gasteiger partial charge in [0.15, 0.2) is 0 Å². The molecule has 4 aliphatic rings. The van der Waals surface area contributed by atoms with Gasteiger partial charge < -0.3 is 19.9 Å². The van der Waals surface area contributed by atoms with Crippen molar-refractivity contribution in [3.8, 4) is 0 Å². The van der Waals surface area contributed by atoms with Gasteiger partial charge in [0.1, 0.15) is 0 Å². The molecule has 4 saturated carbocycles. The smallest absolute Gasteiger partial charge is 0.0897 e. The zero-order valence-corrected chi connectivity index (χ0v) is 14.2. The van der Waals surface area contributed by atoms with E-state index in [0.29, 0.717) is 32.4 Å². The Morgan fingerprint density at radius 3 is 2.18 bits per heavy atom. The van der Waals surface area contributed by atoms with E-state index >= 15 is 0 Å². The minimum Gasteiger partial charge on any atom is -0.389 e. The van der Waals surface area contributed by atoms with Crippen LogP contribution in [0.25, 0.3) is 0 Å². The van der Waals surface area contributed by atoms with Crippen LogP contribution < -0.4 is 5.32 Å². The van der Waals surface area contributed by atoms with E-state index in [1.807, 2.05) is 0 Å². The molecule has 0 heterocycles. The largest absolute Gasteiger partial charge is 0.389 e. The Bertz CT molecular complexity index is 323. The van der Waals surface area contributed by atoms with Crippen molar-refractivity contribution in [3.05, 3.63) is 0 Å². The summed E-state index contributed by atoms with van der Waals surface area (Å²) in [6.45, 7) is 6.41. The first-order valence-electron chi connectivity index (χ1n) is 9.18. The lowest BCUT2D eigenvalue weighted by Gasteiger charge is -2.56. The van der Waals surface area contributed by atoms with Crippen LogP contribution in [-0.4, -0.2) is 49.2 Å². The molecular weight excluding hydrogens is 278 g/mol. The summed E-state index contributed by atoms with van der Waals surface area (Å²) in [5.74, 6) is 2.78. The average Bonchev–Trinajstić information content (AvgIpc) is 2.43. The van der Waals surface area contributed by atoms with Crippen LogP contribution in [0.3, 0.4) is 0 Å². The Morgan fingerprint density at radius 1 is 1.05 bits per heavy atom. The minimum atomic E-state index is -0.429. The van der Waals surface area contributed by atoms with E-state index in [2.05, 4.69) is 19.2 Å². The molecule has 0 saturated heterocycles. The summed E-state index contributed by atoms with van der Waals surface area (Å²) in [5.41, 5.74) is 0.177. The highest BCUT2D eigenvalue weighted by molar-refractivity contribution is 5.03. The summed E-state index contributed by atoms with van der Waals surface area (Å²) in [4.78, 5) is 0. The van der Waals surface area contributed by atoms with Gasteiger partial charge in [0, 0.05) is 12.6 Å². The SMILES string of the molecule is CC(C)NCC(O)COCCOC12CC3CC(CC(C3)C1)C2. The third-order valence-electron chi connectivity index (χ3n) is 5.69. The molecule has 128 valence electrons. The van der Waals surface area contributed by atoms with Crippen molar-refractivity contribution < 1.29 is 14.6 Å². The molecule has 1 atom stereocenters. The molecule has 4 rings (SSSR count). The summed E-state index contributed by atoms with van der Waals surface area (Å²) < 4.78 is 11.9. The van der Waals surface area contributed by atoms with Crippen molar-refractivity contribution >= 4 is 0 Å². The monoisotopic (exact) mass is 311 g/mol. The fraction of sp³-hybridized carbons (Fsp3) is 1.00. The molecule has 4 fully saturated rings. The van der Waals surface area contributed by atoms with E-state index in [0.717, 1.165) is 17.8 Å². The van der Waals surface area contributed by atoms with Crippen LogP contribution in [0, 0.1) is 17.8 Å². The number of aliphatic hydroxyl groups is 1. The predicted molar refractivity (Wildman–Crippen MR) is 86.8 cm³/mol. The van der Waals surface area contributed by atoms with Gasteiger partial charge in [-0.1, -0.05) is 13.8 Å². The van der Waals surface area contributed by atoms with Gasteiger partial charge >= 0.3 is 0 Å². The van der Waals surface area contributed by atoms with E-state index in [1.54, 1.807) is 0 Å². The van der Waals surface area contributed by atoms with Crippen molar-refractivity contribution in [1.29, 1.82) is 0 Å². The molecule has 0 radical (unpaired) electrons. The molecular formula is C18H33NO3. The summed E-state index contributed by atoms with van der Waals surface area (Å²) in [5, 5.41) is 13.0. The standard InChI is InChI=1S/C18H33NO3/c1-13(2)19-11-17(20)12-21-3-4-22-18-8-14-5-15(9-18)7-16(6-14)10-18/h13-17,19-20H,3-12H2,1-2H3. The van der Waals surface area contributed by atoms with Crippen molar-refractivity contribution in [2.24, 2.45) is 17.8 Å². The van der Waals surface area contributed by atoms with Gasteiger partial charge in [0.05, 0.1) is 31.5 Å². The molecule has 4 bridgehead atoms. The lowest BCUT2D eigenvalue weighted by molar-refractivity contribution is -0.170. The summed E-state index contributed by atoms with van der Waals surface area (Å²) in [6, 6.07) is 0.397. The van der Waals surface area contributed by atoms with Crippen LogP contribution in [0.1, 0.15) is 52.4 Å². The highest BCUT2D eigenvalue weighted by atomic mass is 16.5. The van der Waals surface area contributed by atoms with Crippen LogP contribution in [0.4, 0.5) is 0 Å². The lowest BCUT2D eigenvalue weighted by Crippen LogP contribution is -2.52. The number of hydrogen-bond donors (Lipinski definition) is 2. The molecule has 22 heavy (non-hydrogen) atoms.